The average molecular weight is 369 g/mol. The zero-order valence-electron chi connectivity index (χ0n) is 16.4. The number of benzene rings is 1. The Morgan fingerprint density at radius 2 is 1.70 bits per heavy atom. The SMILES string of the molecule is Cc1ccc(C(=O)NCc2ccc(C(=O)N3C[C@@H](C)O[C@H](C)C3)cc2)n1C. The van der Waals surface area contributed by atoms with Gasteiger partial charge in [0.2, 0.25) is 0 Å². The van der Waals surface area contributed by atoms with E-state index in [1.165, 1.54) is 0 Å². The van der Waals surface area contributed by atoms with Crippen molar-refractivity contribution >= 4 is 11.8 Å². The molecule has 0 radical (unpaired) electrons. The summed E-state index contributed by atoms with van der Waals surface area (Å²) in [4.78, 5) is 26.8. The van der Waals surface area contributed by atoms with Gasteiger partial charge in [-0.1, -0.05) is 12.1 Å². The van der Waals surface area contributed by atoms with E-state index < -0.39 is 0 Å². The van der Waals surface area contributed by atoms with Crippen molar-refractivity contribution < 1.29 is 14.3 Å². The molecule has 1 fully saturated rings. The second-order valence-electron chi connectivity index (χ2n) is 7.27. The predicted octanol–water partition coefficient (Wildman–Crippen LogP) is 2.51. The summed E-state index contributed by atoms with van der Waals surface area (Å²) in [5.74, 6) is -0.0890. The van der Waals surface area contributed by atoms with Crippen LogP contribution in [-0.2, 0) is 18.3 Å². The number of hydrogen-bond donors (Lipinski definition) is 1. The molecule has 1 aliphatic heterocycles. The first-order valence-corrected chi connectivity index (χ1v) is 9.29. The number of nitrogens with one attached hydrogen (secondary N) is 1. The van der Waals surface area contributed by atoms with Crippen LogP contribution in [0.3, 0.4) is 0 Å². The van der Waals surface area contributed by atoms with E-state index in [-0.39, 0.29) is 24.0 Å². The number of hydrogen-bond acceptors (Lipinski definition) is 3. The molecule has 144 valence electrons. The quantitative estimate of drug-likeness (QED) is 0.901. The van der Waals surface area contributed by atoms with Crippen molar-refractivity contribution in [1.29, 1.82) is 0 Å². The van der Waals surface area contributed by atoms with Crippen LogP contribution in [0.5, 0.6) is 0 Å². The smallest absolute Gasteiger partial charge is 0.268 e. The predicted molar refractivity (Wildman–Crippen MR) is 104 cm³/mol. The fourth-order valence-corrected chi connectivity index (χ4v) is 3.41. The van der Waals surface area contributed by atoms with E-state index in [9.17, 15) is 9.59 Å². The first kappa shape index (κ1) is 19.2. The first-order valence-electron chi connectivity index (χ1n) is 9.29. The van der Waals surface area contributed by atoms with Crippen LogP contribution >= 0.6 is 0 Å². The molecule has 2 amide bonds. The number of amides is 2. The molecular weight excluding hydrogens is 342 g/mol. The lowest BCUT2D eigenvalue weighted by Crippen LogP contribution is -2.48. The summed E-state index contributed by atoms with van der Waals surface area (Å²) >= 11 is 0. The summed E-state index contributed by atoms with van der Waals surface area (Å²) in [5.41, 5.74) is 3.28. The second-order valence-corrected chi connectivity index (χ2v) is 7.27. The van der Waals surface area contributed by atoms with Gasteiger partial charge in [0, 0.05) is 37.9 Å². The lowest BCUT2D eigenvalue weighted by atomic mass is 10.1. The Labute approximate surface area is 160 Å². The Kier molecular flexibility index (Phi) is 5.65. The molecule has 27 heavy (non-hydrogen) atoms. The second kappa shape index (κ2) is 7.96. The van der Waals surface area contributed by atoms with Crippen molar-refractivity contribution in [2.24, 2.45) is 7.05 Å². The number of nitrogens with zero attached hydrogens (tertiary/aromatic N) is 2. The monoisotopic (exact) mass is 369 g/mol. The third-order valence-corrected chi connectivity index (χ3v) is 4.97. The molecule has 0 spiro atoms. The molecule has 1 aromatic heterocycles. The highest BCUT2D eigenvalue weighted by Crippen LogP contribution is 2.15. The molecule has 0 bridgehead atoms. The minimum absolute atomic E-state index is 0.0203. The summed E-state index contributed by atoms with van der Waals surface area (Å²) < 4.78 is 7.55. The molecule has 6 heteroatoms. The van der Waals surface area contributed by atoms with Gasteiger partial charge in [-0.25, -0.2) is 0 Å². The van der Waals surface area contributed by atoms with Crippen LogP contribution in [0.25, 0.3) is 0 Å². The van der Waals surface area contributed by atoms with Gasteiger partial charge in [-0.15, -0.1) is 0 Å². The topological polar surface area (TPSA) is 63.6 Å². The van der Waals surface area contributed by atoms with E-state index in [1.807, 2.05) is 73.7 Å². The van der Waals surface area contributed by atoms with E-state index in [0.29, 0.717) is 30.9 Å². The highest BCUT2D eigenvalue weighted by atomic mass is 16.5. The van der Waals surface area contributed by atoms with Crippen molar-refractivity contribution in [2.75, 3.05) is 13.1 Å². The van der Waals surface area contributed by atoms with Gasteiger partial charge in [-0.05, 0) is 50.6 Å². The molecule has 0 aliphatic carbocycles. The molecular formula is C21H27N3O3. The minimum atomic E-state index is -0.109. The van der Waals surface area contributed by atoms with Crippen molar-refractivity contribution in [2.45, 2.75) is 39.5 Å². The average Bonchev–Trinajstić information content (AvgIpc) is 2.98. The Bertz CT molecular complexity index is 816. The lowest BCUT2D eigenvalue weighted by molar-refractivity contribution is -0.0586. The number of ether oxygens (including phenoxy) is 1. The maximum Gasteiger partial charge on any atom is 0.268 e. The molecule has 1 N–H and O–H groups in total. The zero-order valence-corrected chi connectivity index (χ0v) is 16.4. The number of carbonyl (C=O) groups is 2. The number of carbonyl (C=O) groups excluding carboxylic acids is 2. The van der Waals surface area contributed by atoms with Gasteiger partial charge in [-0.2, -0.15) is 0 Å². The standard InChI is InChI=1S/C21H27N3O3/c1-14-5-10-19(23(14)4)20(25)22-11-17-6-8-18(9-7-17)21(26)24-12-15(2)27-16(3)13-24/h5-10,15-16H,11-13H2,1-4H3,(H,22,25)/t15-,16-/m1/s1. The van der Waals surface area contributed by atoms with Crippen LogP contribution in [0, 0.1) is 6.92 Å². The third-order valence-electron chi connectivity index (χ3n) is 4.97. The van der Waals surface area contributed by atoms with E-state index in [0.717, 1.165) is 11.3 Å². The first-order chi connectivity index (χ1) is 12.8. The van der Waals surface area contributed by atoms with Crippen LogP contribution in [0.1, 0.15) is 46.0 Å². The Morgan fingerprint density at radius 1 is 1.07 bits per heavy atom. The van der Waals surface area contributed by atoms with Gasteiger partial charge in [0.1, 0.15) is 5.69 Å². The Hall–Kier alpha value is -2.60. The fourth-order valence-electron chi connectivity index (χ4n) is 3.41. The largest absolute Gasteiger partial charge is 0.372 e. The Morgan fingerprint density at radius 3 is 2.26 bits per heavy atom. The number of aryl methyl sites for hydroxylation is 1. The van der Waals surface area contributed by atoms with Gasteiger partial charge in [-0.3, -0.25) is 9.59 Å². The molecule has 1 aliphatic rings. The van der Waals surface area contributed by atoms with Crippen molar-refractivity contribution in [3.63, 3.8) is 0 Å². The zero-order chi connectivity index (χ0) is 19.6. The molecule has 1 aromatic carbocycles. The van der Waals surface area contributed by atoms with Gasteiger partial charge >= 0.3 is 0 Å². The fraction of sp³-hybridized carbons (Fsp3) is 0.429. The maximum absolute atomic E-state index is 12.7. The summed E-state index contributed by atoms with van der Waals surface area (Å²) in [7, 11) is 1.87. The molecule has 0 unspecified atom stereocenters. The van der Waals surface area contributed by atoms with Crippen LogP contribution in [0.4, 0.5) is 0 Å². The number of morpholine rings is 1. The van der Waals surface area contributed by atoms with E-state index in [4.69, 9.17) is 4.74 Å². The van der Waals surface area contributed by atoms with Gasteiger partial charge < -0.3 is 19.5 Å². The Balaban J connectivity index is 1.59. The minimum Gasteiger partial charge on any atom is -0.372 e. The van der Waals surface area contributed by atoms with Crippen LogP contribution < -0.4 is 5.32 Å². The summed E-state index contributed by atoms with van der Waals surface area (Å²) in [6, 6.07) is 11.1. The highest BCUT2D eigenvalue weighted by molar-refractivity contribution is 5.94. The maximum atomic E-state index is 12.7. The van der Waals surface area contributed by atoms with Gasteiger partial charge in [0.05, 0.1) is 12.2 Å². The van der Waals surface area contributed by atoms with Crippen molar-refractivity contribution in [1.82, 2.24) is 14.8 Å². The van der Waals surface area contributed by atoms with Crippen molar-refractivity contribution in [3.8, 4) is 0 Å². The van der Waals surface area contributed by atoms with E-state index in [1.54, 1.807) is 0 Å². The van der Waals surface area contributed by atoms with Crippen LogP contribution in [0.2, 0.25) is 0 Å². The summed E-state index contributed by atoms with van der Waals surface area (Å²) in [6.07, 6.45) is 0.0988. The van der Waals surface area contributed by atoms with Gasteiger partial charge in [0.25, 0.3) is 11.8 Å². The van der Waals surface area contributed by atoms with Crippen LogP contribution in [-0.4, -0.2) is 46.6 Å². The molecule has 2 atom stereocenters. The van der Waals surface area contributed by atoms with Gasteiger partial charge in [0.15, 0.2) is 0 Å². The third kappa shape index (κ3) is 4.39. The number of aromatic nitrogens is 1. The number of rotatable bonds is 4. The molecule has 2 aromatic rings. The highest BCUT2D eigenvalue weighted by Gasteiger charge is 2.26. The summed E-state index contributed by atoms with van der Waals surface area (Å²) in [6.45, 7) is 7.56. The molecule has 1 saturated heterocycles. The normalized spacial score (nSPS) is 19.8. The van der Waals surface area contributed by atoms with Crippen molar-refractivity contribution in [3.05, 3.63) is 58.9 Å². The van der Waals surface area contributed by atoms with E-state index >= 15 is 0 Å². The van der Waals surface area contributed by atoms with E-state index in [2.05, 4.69) is 5.32 Å². The molecule has 0 saturated carbocycles. The molecule has 6 nitrogen and oxygen atoms in total. The summed E-state index contributed by atoms with van der Waals surface area (Å²) in [5, 5.41) is 2.92. The molecule has 3 rings (SSSR count). The lowest BCUT2D eigenvalue weighted by Gasteiger charge is -2.35. The van der Waals surface area contributed by atoms with Crippen LogP contribution in [0.15, 0.2) is 36.4 Å². The molecule has 2 heterocycles.